The van der Waals surface area contributed by atoms with Gasteiger partial charge >= 0.3 is 29.8 Å². The molecule has 6 aliphatic heterocycles. The molecule has 32 nitrogen and oxygen atoms in total. The van der Waals surface area contributed by atoms with Gasteiger partial charge in [0.25, 0.3) is 0 Å². The van der Waals surface area contributed by atoms with Gasteiger partial charge in [0.05, 0.1) is 39.8 Å². The fraction of sp³-hybridized carbons (Fsp3) is 0.161. The molecule has 0 fully saturated rings. The van der Waals surface area contributed by atoms with Crippen LogP contribution in [-0.4, -0.2) is 174 Å². The Bertz CT molecular complexity index is 4390. The molecule has 21 N–H and O–H groups in total. The molecule has 32 heteroatoms. The van der Waals surface area contributed by atoms with Crippen LogP contribution in [0.1, 0.15) is 86.1 Å². The molecule has 0 radical (unpaired) electrons. The maximum absolute atomic E-state index is 15.9. The number of hydrogen-bond acceptors (Lipinski definition) is 32. The van der Waals surface area contributed by atoms with Crippen molar-refractivity contribution in [1.82, 2.24) is 0 Å². The van der Waals surface area contributed by atoms with E-state index in [2.05, 4.69) is 0 Å². The number of carbonyl (C=O) groups is 5. The summed E-state index contributed by atoms with van der Waals surface area (Å²) in [5.74, 6) is -42.8. The Labute approximate surface area is 484 Å². The summed E-state index contributed by atoms with van der Waals surface area (Å²) in [5, 5.41) is 238. The predicted octanol–water partition coefficient (Wildman–Crippen LogP) is 2.98. The Morgan fingerprint density at radius 2 is 0.750 bits per heavy atom. The van der Waals surface area contributed by atoms with Gasteiger partial charge in [-0.2, -0.15) is 0 Å². The normalized spacial score (nSPS) is 20.8. The van der Waals surface area contributed by atoms with Crippen LogP contribution in [0.15, 0.2) is 36.4 Å². The van der Waals surface area contributed by atoms with Gasteiger partial charge in [0, 0.05) is 68.1 Å². The zero-order valence-corrected chi connectivity index (χ0v) is 43.3. The predicted molar refractivity (Wildman–Crippen MR) is 277 cm³/mol. The lowest BCUT2D eigenvalue weighted by Gasteiger charge is -2.43. The lowest BCUT2D eigenvalue weighted by Crippen LogP contribution is -2.56. The van der Waals surface area contributed by atoms with E-state index in [-0.39, 0.29) is 17.7 Å². The summed E-state index contributed by atoms with van der Waals surface area (Å²) in [6, 6.07) is 3.05. The number of fused-ring (bicyclic) bond motifs is 8. The van der Waals surface area contributed by atoms with E-state index < -0.39 is 284 Å². The zero-order chi connectivity index (χ0) is 63.6. The molecule has 0 amide bonds. The van der Waals surface area contributed by atoms with Gasteiger partial charge in [-0.25, -0.2) is 24.0 Å². The van der Waals surface area contributed by atoms with Gasteiger partial charge in [0.15, 0.2) is 105 Å². The van der Waals surface area contributed by atoms with Crippen LogP contribution in [0.2, 0.25) is 0 Å². The molecule has 6 bridgehead atoms. The first-order valence-corrected chi connectivity index (χ1v) is 25.1. The number of cyclic esters (lactones) is 1. The van der Waals surface area contributed by atoms with Crippen LogP contribution in [0.5, 0.6) is 121 Å². The zero-order valence-electron chi connectivity index (χ0n) is 43.3. The van der Waals surface area contributed by atoms with Crippen molar-refractivity contribution in [3.63, 3.8) is 0 Å². The standard InChI is InChI=1S/C56H38O32/c57-14-7-15(58)26(48-10(14)3-21(64)47(85-48)9-1-16(59)34(65)17(60)2-9)31-30-33-29(43(74)46(77)44(30)75)28-32-27(41(72)45(76)42(28)73)25-13(6-20(63)37(68)40(25)71)53(79)84-22-8-83-52(78)11-4-18(61)35(66)38(69)23(11)24-12(5-19(62)36(67)39(24)70)54(80)86-49(22)51(88-56(32)82)50(31)87-55(33)81/h1-2,4-7,21-22,31,47,49-51,57-77H,3,8H2/t21-,22-,31+,47-,49-,50+,51+/m1/s1. The number of phenols is 20. The molecule has 88 heavy (non-hydrogen) atoms. The van der Waals surface area contributed by atoms with Crippen LogP contribution in [0.4, 0.5) is 0 Å². The van der Waals surface area contributed by atoms with Gasteiger partial charge in [-0.15, -0.1) is 0 Å². The summed E-state index contributed by atoms with van der Waals surface area (Å²) < 4.78 is 35.7. The lowest BCUT2D eigenvalue weighted by atomic mass is 9.73. The minimum atomic E-state index is -3.05. The fourth-order valence-corrected chi connectivity index (χ4v) is 11.6. The molecule has 7 aromatic rings. The summed E-state index contributed by atoms with van der Waals surface area (Å²) in [6.07, 6.45) is -16.2. The van der Waals surface area contributed by atoms with E-state index in [1.54, 1.807) is 0 Å². The number of aliphatic hydroxyl groups is 1. The Hall–Kier alpha value is -12.4. The number of rotatable bonds is 2. The summed E-state index contributed by atoms with van der Waals surface area (Å²) in [7, 11) is 0. The quantitative estimate of drug-likeness (QED) is 0.0672. The van der Waals surface area contributed by atoms with Crippen molar-refractivity contribution in [3.8, 4) is 154 Å². The van der Waals surface area contributed by atoms with Crippen LogP contribution in [-0.2, 0) is 30.1 Å². The van der Waals surface area contributed by atoms with Crippen molar-refractivity contribution in [2.24, 2.45) is 0 Å². The third-order valence-corrected chi connectivity index (χ3v) is 15.6. The Morgan fingerprint density at radius 3 is 1.30 bits per heavy atom. The SMILES string of the molecule is O=C1OC[C@H]2OC(=O)c3cc(O)c(O)c(O)c3-c3c(O)c(O)c(O)c4c3C(=O)O[C@H]([C@H]3OC(=O)c5c-4c(O)c(O)c(O)c5[C@@H]3c3c(O)cc(O)c4c3O[C@H](c3cc(O)c(O)c(O)c3)[C@H](O)C4)[C@@H]2OC(=O)c2cc(O)c(O)c(O)c2-c2c1cc(O)c(O)c2O. The number of aromatic hydroxyl groups is 20. The Kier molecular flexibility index (Phi) is 12.2. The third kappa shape index (κ3) is 7.70. The number of phenolic OH excluding ortho intramolecular Hbond substituents is 20. The number of hydrogen-bond donors (Lipinski definition) is 21. The number of benzene rings is 7. The molecule has 0 unspecified atom stereocenters. The molecule has 0 spiro atoms. The number of ether oxygens (including phenoxy) is 6. The average Bonchev–Trinajstić information content (AvgIpc) is 0.868. The van der Waals surface area contributed by atoms with Crippen molar-refractivity contribution >= 4 is 29.8 Å². The first-order valence-electron chi connectivity index (χ1n) is 25.1. The van der Waals surface area contributed by atoms with Gasteiger partial charge in [-0.3, -0.25) is 0 Å². The van der Waals surface area contributed by atoms with E-state index in [1.807, 2.05) is 0 Å². The second-order valence-corrected chi connectivity index (χ2v) is 20.4. The minimum Gasteiger partial charge on any atom is -0.507 e. The lowest BCUT2D eigenvalue weighted by molar-refractivity contribution is -0.135. The van der Waals surface area contributed by atoms with Crippen molar-refractivity contribution < 1.29 is 160 Å². The van der Waals surface area contributed by atoms with Gasteiger partial charge < -0.3 is 136 Å². The average molecular weight is 1220 g/mol. The molecule has 454 valence electrons. The van der Waals surface area contributed by atoms with Crippen molar-refractivity contribution in [1.29, 1.82) is 0 Å². The third-order valence-electron chi connectivity index (χ3n) is 15.6. The maximum Gasteiger partial charge on any atom is 0.340 e. The Balaban J connectivity index is 1.24. The summed E-state index contributed by atoms with van der Waals surface area (Å²) in [6.45, 7) is -1.66. The first kappa shape index (κ1) is 56.1. The first-order chi connectivity index (χ1) is 41.5. The second kappa shape index (κ2) is 19.1. The van der Waals surface area contributed by atoms with Crippen LogP contribution in [0.25, 0.3) is 33.4 Å². The smallest absolute Gasteiger partial charge is 0.340 e. The Morgan fingerprint density at radius 1 is 0.330 bits per heavy atom. The van der Waals surface area contributed by atoms with Crippen LogP contribution in [0.3, 0.4) is 0 Å². The summed E-state index contributed by atoms with van der Waals surface area (Å²) >= 11 is 0. The molecule has 6 aliphatic rings. The summed E-state index contributed by atoms with van der Waals surface area (Å²) in [5.41, 5.74) is -18.0. The molecule has 13 rings (SSSR count). The molecular weight excluding hydrogens is 1180 g/mol. The van der Waals surface area contributed by atoms with E-state index >= 15 is 19.2 Å². The van der Waals surface area contributed by atoms with E-state index in [0.717, 1.165) is 12.1 Å². The largest absolute Gasteiger partial charge is 0.507 e. The molecular formula is C56H38O32. The van der Waals surface area contributed by atoms with Crippen LogP contribution >= 0.6 is 0 Å². The van der Waals surface area contributed by atoms with Crippen molar-refractivity contribution in [2.45, 2.75) is 49.0 Å². The molecule has 6 heterocycles. The van der Waals surface area contributed by atoms with E-state index in [4.69, 9.17) is 28.4 Å². The highest BCUT2D eigenvalue weighted by atomic mass is 16.6. The van der Waals surface area contributed by atoms with E-state index in [1.165, 1.54) is 0 Å². The molecule has 7 aromatic carbocycles. The fourth-order valence-electron chi connectivity index (χ4n) is 11.6. The van der Waals surface area contributed by atoms with Crippen molar-refractivity contribution in [3.05, 3.63) is 86.5 Å². The van der Waals surface area contributed by atoms with Crippen molar-refractivity contribution in [2.75, 3.05) is 6.61 Å². The molecule has 0 aliphatic carbocycles. The van der Waals surface area contributed by atoms with E-state index in [0.29, 0.717) is 12.1 Å². The molecule has 0 saturated heterocycles. The monoisotopic (exact) mass is 1220 g/mol. The highest BCUT2D eigenvalue weighted by molar-refractivity contribution is 6.17. The number of aliphatic hydroxyl groups excluding tert-OH is 1. The van der Waals surface area contributed by atoms with Gasteiger partial charge in [-0.05, 0) is 30.3 Å². The van der Waals surface area contributed by atoms with Crippen LogP contribution in [0, 0.1) is 0 Å². The highest BCUT2D eigenvalue weighted by Gasteiger charge is 2.58. The minimum absolute atomic E-state index is 0.276. The van der Waals surface area contributed by atoms with Gasteiger partial charge in [-0.1, -0.05) is 0 Å². The molecule has 7 atom stereocenters. The highest BCUT2D eigenvalue weighted by Crippen LogP contribution is 2.65. The summed E-state index contributed by atoms with van der Waals surface area (Å²) in [4.78, 5) is 76.2. The van der Waals surface area contributed by atoms with Crippen LogP contribution < -0.4 is 4.74 Å². The second-order valence-electron chi connectivity index (χ2n) is 20.4. The van der Waals surface area contributed by atoms with Gasteiger partial charge in [0.1, 0.15) is 23.9 Å². The molecule has 0 saturated carbocycles. The van der Waals surface area contributed by atoms with E-state index in [9.17, 15) is 112 Å². The maximum atomic E-state index is 15.9. The topological polar surface area (TPSA) is 566 Å². The van der Waals surface area contributed by atoms with Gasteiger partial charge in [0.2, 0.25) is 28.7 Å². The number of carbonyl (C=O) groups excluding carboxylic acids is 5. The molecule has 0 aromatic heterocycles. The number of esters is 5.